The van der Waals surface area contributed by atoms with Gasteiger partial charge in [0.2, 0.25) is 0 Å². The number of nitrogens with zero attached hydrogens (tertiary/aromatic N) is 2. The summed E-state index contributed by atoms with van der Waals surface area (Å²) < 4.78 is 0. The van der Waals surface area contributed by atoms with E-state index in [1.165, 1.54) is 11.3 Å². The lowest BCUT2D eigenvalue weighted by molar-refractivity contribution is 0.189. The third-order valence-corrected chi connectivity index (χ3v) is 4.34. The summed E-state index contributed by atoms with van der Waals surface area (Å²) in [6.07, 6.45) is -0.385. The van der Waals surface area contributed by atoms with Crippen LogP contribution in [-0.4, -0.2) is 39.1 Å². The van der Waals surface area contributed by atoms with Crippen LogP contribution in [0.25, 0.3) is 10.6 Å². The number of carbonyl (C=O) groups is 2. The zero-order valence-electron chi connectivity index (χ0n) is 12.8. The van der Waals surface area contributed by atoms with Crippen LogP contribution in [0.2, 0.25) is 0 Å². The van der Waals surface area contributed by atoms with Crippen LogP contribution in [0.3, 0.4) is 0 Å². The maximum Gasteiger partial charge on any atom is 0.405 e. The van der Waals surface area contributed by atoms with E-state index in [9.17, 15) is 9.59 Å². The highest BCUT2D eigenvalue weighted by Crippen LogP contribution is 2.28. The third kappa shape index (κ3) is 5.51. The molecule has 0 fully saturated rings. The number of benzene rings is 1. The molecular weight excluding hydrogens is 332 g/mol. The summed E-state index contributed by atoms with van der Waals surface area (Å²) in [5.74, 6) is 0. The summed E-state index contributed by atoms with van der Waals surface area (Å²) in [7, 11) is 0. The van der Waals surface area contributed by atoms with Crippen LogP contribution in [0.1, 0.15) is 30.3 Å². The molecule has 1 aromatic heterocycles. The molecule has 2 rings (SSSR count). The van der Waals surface area contributed by atoms with Gasteiger partial charge in [0.25, 0.3) is 0 Å². The van der Waals surface area contributed by atoms with Gasteiger partial charge in [0.15, 0.2) is 0 Å². The monoisotopic (exact) mass is 350 g/mol. The van der Waals surface area contributed by atoms with Crippen molar-refractivity contribution < 1.29 is 19.8 Å². The Labute approximate surface area is 142 Å². The zero-order valence-corrected chi connectivity index (χ0v) is 13.6. The molecule has 24 heavy (non-hydrogen) atoms. The molecule has 4 N–H and O–H groups in total. The second kappa shape index (κ2) is 8.82. The molecule has 0 aliphatic heterocycles. The maximum atomic E-state index is 11.0. The average molecular weight is 350 g/mol. The molecule has 0 aliphatic rings. The summed E-state index contributed by atoms with van der Waals surface area (Å²) in [4.78, 5) is 21.4. The third-order valence-electron chi connectivity index (χ3n) is 3.25. The lowest BCUT2D eigenvalue weighted by Crippen LogP contribution is -2.27. The van der Waals surface area contributed by atoms with Gasteiger partial charge in [0.1, 0.15) is 10.0 Å². The Kier molecular flexibility index (Phi) is 6.50. The van der Waals surface area contributed by atoms with Gasteiger partial charge in [-0.3, -0.25) is 0 Å². The van der Waals surface area contributed by atoms with Crippen LogP contribution in [0.5, 0.6) is 0 Å². The summed E-state index contributed by atoms with van der Waals surface area (Å²) in [5, 5.41) is 31.8. The first-order valence-corrected chi connectivity index (χ1v) is 8.23. The smallest absolute Gasteiger partial charge is 0.405 e. The fraction of sp³-hybridized carbons (Fsp3) is 0.333. The Hall–Kier alpha value is -2.68. The predicted octanol–water partition coefficient (Wildman–Crippen LogP) is 2.95. The number of carboxylic acid groups (broad SMARTS) is 2. The SMILES string of the molecule is O=C(O)NCCCCC(NC(=O)O)c1nnc(-c2ccccc2)s1. The Balaban J connectivity index is 1.98. The molecule has 2 amide bonds. The molecule has 0 bridgehead atoms. The van der Waals surface area contributed by atoms with Crippen molar-refractivity contribution in [1.82, 2.24) is 20.8 Å². The standard InChI is InChI=1S/C15H18N4O4S/c20-14(21)16-9-5-4-8-11(17-15(22)23)13-19-18-12(24-13)10-6-2-1-3-7-10/h1-3,6-7,11,16-17H,4-5,8-9H2,(H,20,21)(H,22,23). The molecule has 1 unspecified atom stereocenters. The van der Waals surface area contributed by atoms with Gasteiger partial charge in [0.05, 0.1) is 6.04 Å². The topological polar surface area (TPSA) is 124 Å². The van der Waals surface area contributed by atoms with Gasteiger partial charge in [-0.15, -0.1) is 10.2 Å². The van der Waals surface area contributed by atoms with Crippen molar-refractivity contribution in [2.45, 2.75) is 25.3 Å². The molecule has 0 saturated heterocycles. The van der Waals surface area contributed by atoms with Crippen LogP contribution in [0, 0.1) is 0 Å². The summed E-state index contributed by atoms with van der Waals surface area (Å²) in [5.41, 5.74) is 0.931. The van der Waals surface area contributed by atoms with E-state index in [4.69, 9.17) is 10.2 Å². The van der Waals surface area contributed by atoms with Crippen LogP contribution in [0.15, 0.2) is 30.3 Å². The van der Waals surface area contributed by atoms with E-state index in [1.807, 2.05) is 30.3 Å². The van der Waals surface area contributed by atoms with E-state index in [2.05, 4.69) is 20.8 Å². The summed E-state index contributed by atoms with van der Waals surface area (Å²) in [6, 6.07) is 9.09. The molecule has 128 valence electrons. The van der Waals surface area contributed by atoms with Crippen LogP contribution in [-0.2, 0) is 0 Å². The van der Waals surface area contributed by atoms with Crippen molar-refractivity contribution in [1.29, 1.82) is 0 Å². The molecule has 0 spiro atoms. The Bertz CT molecular complexity index is 677. The first-order chi connectivity index (χ1) is 11.6. The largest absolute Gasteiger partial charge is 0.465 e. The van der Waals surface area contributed by atoms with Crippen molar-refractivity contribution in [3.05, 3.63) is 35.3 Å². The highest BCUT2D eigenvalue weighted by atomic mass is 32.1. The Morgan fingerprint density at radius 2 is 1.83 bits per heavy atom. The molecule has 1 heterocycles. The molecule has 2 aromatic rings. The van der Waals surface area contributed by atoms with Gasteiger partial charge in [-0.05, 0) is 19.3 Å². The number of rotatable bonds is 8. The molecule has 9 heteroatoms. The predicted molar refractivity (Wildman–Crippen MR) is 89.1 cm³/mol. The molecule has 1 atom stereocenters. The number of nitrogens with one attached hydrogen (secondary N) is 2. The number of hydrogen-bond donors (Lipinski definition) is 4. The van der Waals surface area contributed by atoms with Gasteiger partial charge in [0, 0.05) is 12.1 Å². The fourth-order valence-electron chi connectivity index (χ4n) is 2.15. The van der Waals surface area contributed by atoms with E-state index in [-0.39, 0.29) is 0 Å². The van der Waals surface area contributed by atoms with Crippen molar-refractivity contribution in [2.24, 2.45) is 0 Å². The number of hydrogen-bond acceptors (Lipinski definition) is 5. The summed E-state index contributed by atoms with van der Waals surface area (Å²) in [6.45, 7) is 0.334. The van der Waals surface area contributed by atoms with Crippen molar-refractivity contribution >= 4 is 23.5 Å². The van der Waals surface area contributed by atoms with E-state index >= 15 is 0 Å². The van der Waals surface area contributed by atoms with Crippen molar-refractivity contribution in [3.63, 3.8) is 0 Å². The zero-order chi connectivity index (χ0) is 17.4. The van der Waals surface area contributed by atoms with Gasteiger partial charge < -0.3 is 20.8 Å². The van der Waals surface area contributed by atoms with E-state index in [0.29, 0.717) is 30.8 Å². The maximum absolute atomic E-state index is 11.0. The van der Waals surface area contributed by atoms with Gasteiger partial charge in [-0.2, -0.15) is 0 Å². The van der Waals surface area contributed by atoms with E-state index in [1.54, 1.807) is 0 Å². The van der Waals surface area contributed by atoms with Crippen LogP contribution in [0.4, 0.5) is 9.59 Å². The quantitative estimate of drug-likeness (QED) is 0.543. The normalized spacial score (nSPS) is 11.7. The van der Waals surface area contributed by atoms with Crippen LogP contribution >= 0.6 is 11.3 Å². The first kappa shape index (κ1) is 17.7. The lowest BCUT2D eigenvalue weighted by Gasteiger charge is -2.13. The number of amides is 2. The minimum Gasteiger partial charge on any atom is -0.465 e. The highest BCUT2D eigenvalue weighted by Gasteiger charge is 2.19. The minimum atomic E-state index is -1.12. The Morgan fingerprint density at radius 3 is 2.50 bits per heavy atom. The second-order valence-corrected chi connectivity index (χ2v) is 6.05. The number of aromatic nitrogens is 2. The van der Waals surface area contributed by atoms with Crippen LogP contribution < -0.4 is 10.6 Å². The second-order valence-electron chi connectivity index (χ2n) is 5.04. The molecule has 8 nitrogen and oxygen atoms in total. The average Bonchev–Trinajstić information content (AvgIpc) is 3.03. The van der Waals surface area contributed by atoms with Gasteiger partial charge in [-0.25, -0.2) is 9.59 Å². The van der Waals surface area contributed by atoms with Gasteiger partial charge >= 0.3 is 12.2 Å². The Morgan fingerprint density at radius 1 is 1.08 bits per heavy atom. The van der Waals surface area contributed by atoms with Gasteiger partial charge in [-0.1, -0.05) is 41.7 Å². The molecule has 1 aromatic carbocycles. The lowest BCUT2D eigenvalue weighted by atomic mass is 10.1. The van der Waals surface area contributed by atoms with E-state index in [0.717, 1.165) is 10.6 Å². The minimum absolute atomic E-state index is 0.334. The first-order valence-electron chi connectivity index (χ1n) is 7.41. The molecule has 0 radical (unpaired) electrons. The number of unbranched alkanes of at least 4 members (excludes halogenated alkanes) is 1. The molecular formula is C15H18N4O4S. The highest BCUT2D eigenvalue weighted by molar-refractivity contribution is 7.14. The summed E-state index contributed by atoms with van der Waals surface area (Å²) >= 11 is 1.35. The molecule has 0 aliphatic carbocycles. The van der Waals surface area contributed by atoms with Crippen molar-refractivity contribution in [3.8, 4) is 10.6 Å². The van der Waals surface area contributed by atoms with Crippen molar-refractivity contribution in [2.75, 3.05) is 6.54 Å². The van der Waals surface area contributed by atoms with E-state index < -0.39 is 18.2 Å². The fourth-order valence-corrected chi connectivity index (χ4v) is 3.08. The molecule has 0 saturated carbocycles.